The van der Waals surface area contributed by atoms with Crippen molar-refractivity contribution in [2.45, 2.75) is 36.2 Å². The first kappa shape index (κ1) is 20.9. The number of alkyl halides is 3. The van der Waals surface area contributed by atoms with E-state index < -0.39 is 11.9 Å². The van der Waals surface area contributed by atoms with E-state index in [-0.39, 0.29) is 22.1 Å². The lowest BCUT2D eigenvalue weighted by Gasteiger charge is -2.17. The summed E-state index contributed by atoms with van der Waals surface area (Å²) in [6, 6.07) is 6.92. The number of hydrogen-bond donors (Lipinski definition) is 1. The van der Waals surface area contributed by atoms with Crippen LogP contribution in [0.1, 0.15) is 35.9 Å². The molecule has 1 N–H and O–H groups in total. The smallest absolute Gasteiger partial charge is 0.349 e. The molecule has 146 valence electrons. The predicted molar refractivity (Wildman–Crippen MR) is 107 cm³/mol. The molecule has 1 aliphatic rings. The van der Waals surface area contributed by atoms with E-state index in [4.69, 9.17) is 23.2 Å². The van der Waals surface area contributed by atoms with Crippen molar-refractivity contribution in [3.8, 4) is 6.07 Å². The first-order valence-corrected chi connectivity index (χ1v) is 9.93. The van der Waals surface area contributed by atoms with Crippen LogP contribution in [-0.4, -0.2) is 4.98 Å². The van der Waals surface area contributed by atoms with Crippen LogP contribution in [0.15, 0.2) is 45.2 Å². The van der Waals surface area contributed by atoms with Gasteiger partial charge in [0.25, 0.3) is 0 Å². The Morgan fingerprint density at radius 3 is 2.54 bits per heavy atom. The summed E-state index contributed by atoms with van der Waals surface area (Å²) in [5.74, 6) is -0.0270. The average molecular weight is 443 g/mol. The van der Waals surface area contributed by atoms with Crippen LogP contribution in [0.25, 0.3) is 5.57 Å². The summed E-state index contributed by atoms with van der Waals surface area (Å²) < 4.78 is 41.1. The summed E-state index contributed by atoms with van der Waals surface area (Å²) in [7, 11) is 0. The van der Waals surface area contributed by atoms with Gasteiger partial charge in [-0.05, 0) is 54.7 Å². The Bertz CT molecular complexity index is 1030. The molecule has 0 aliphatic heterocycles. The third-order valence-corrected chi connectivity index (χ3v) is 6.49. The molecule has 1 atom stereocenters. The topological polar surface area (TPSA) is 39.6 Å². The number of benzene rings is 1. The monoisotopic (exact) mass is 442 g/mol. The van der Waals surface area contributed by atoms with Gasteiger partial charge in [0.15, 0.2) is 0 Å². The molecule has 1 aliphatic carbocycles. The molecule has 0 bridgehead atoms. The summed E-state index contributed by atoms with van der Waals surface area (Å²) in [5, 5.41) is 10.8. The lowest BCUT2D eigenvalue weighted by molar-refractivity contribution is -0.143. The van der Waals surface area contributed by atoms with E-state index in [9.17, 15) is 18.4 Å². The molecule has 1 aromatic heterocycles. The predicted octanol–water partition coefficient (Wildman–Crippen LogP) is 7.56. The van der Waals surface area contributed by atoms with Crippen molar-refractivity contribution in [1.29, 1.82) is 5.26 Å². The minimum atomic E-state index is -4.62. The SMILES string of the molecule is Cc1cc(Sc2c(C(F)(F)F)[nH]c(C3=CC=C(Cl)C(C)C3)c2C#N)ccc1Cl. The van der Waals surface area contributed by atoms with Gasteiger partial charge < -0.3 is 4.98 Å². The number of nitrogens with one attached hydrogen (secondary N) is 1. The fourth-order valence-corrected chi connectivity index (χ4v) is 4.34. The van der Waals surface area contributed by atoms with Gasteiger partial charge in [-0.2, -0.15) is 18.4 Å². The molecule has 28 heavy (non-hydrogen) atoms. The third kappa shape index (κ3) is 4.12. The van der Waals surface area contributed by atoms with Gasteiger partial charge in [0.1, 0.15) is 11.8 Å². The van der Waals surface area contributed by atoms with Crippen molar-refractivity contribution >= 4 is 40.5 Å². The Hall–Kier alpha value is -1.81. The molecule has 0 radical (unpaired) electrons. The number of rotatable bonds is 3. The van der Waals surface area contributed by atoms with Crippen molar-refractivity contribution in [3.63, 3.8) is 0 Å². The van der Waals surface area contributed by atoms with E-state index in [2.05, 4.69) is 4.98 Å². The van der Waals surface area contributed by atoms with Gasteiger partial charge in [-0.1, -0.05) is 48.0 Å². The van der Waals surface area contributed by atoms with Crippen LogP contribution in [-0.2, 0) is 6.18 Å². The third-order valence-electron chi connectivity index (χ3n) is 4.46. The largest absolute Gasteiger partial charge is 0.432 e. The highest BCUT2D eigenvalue weighted by atomic mass is 35.5. The minimum absolute atomic E-state index is 0.0187. The zero-order chi connectivity index (χ0) is 20.6. The van der Waals surface area contributed by atoms with Crippen molar-refractivity contribution in [1.82, 2.24) is 4.98 Å². The van der Waals surface area contributed by atoms with Crippen LogP contribution < -0.4 is 0 Å². The number of nitrogens with zero attached hydrogens (tertiary/aromatic N) is 1. The van der Waals surface area contributed by atoms with E-state index in [0.29, 0.717) is 26.9 Å². The maximum absolute atomic E-state index is 13.7. The number of halogens is 5. The summed E-state index contributed by atoms with van der Waals surface area (Å²) in [4.78, 5) is 2.89. The molecule has 3 rings (SSSR count). The molecular formula is C20H15Cl2F3N2S. The normalized spacial score (nSPS) is 17.1. The molecule has 1 heterocycles. The van der Waals surface area contributed by atoms with Gasteiger partial charge in [0, 0.05) is 15.0 Å². The fraction of sp³-hybridized carbons (Fsp3) is 0.250. The van der Waals surface area contributed by atoms with Gasteiger partial charge in [0.05, 0.1) is 16.2 Å². The Kier molecular flexibility index (Phi) is 5.90. The minimum Gasteiger partial charge on any atom is -0.349 e. The zero-order valence-corrected chi connectivity index (χ0v) is 17.2. The van der Waals surface area contributed by atoms with Crippen LogP contribution in [0.4, 0.5) is 13.2 Å². The van der Waals surface area contributed by atoms with Crippen LogP contribution in [0, 0.1) is 24.2 Å². The van der Waals surface area contributed by atoms with Gasteiger partial charge in [-0.3, -0.25) is 0 Å². The molecule has 1 unspecified atom stereocenters. The maximum Gasteiger partial charge on any atom is 0.432 e. The Labute approximate surface area is 175 Å². The first-order valence-electron chi connectivity index (χ1n) is 8.35. The molecule has 0 saturated heterocycles. The zero-order valence-electron chi connectivity index (χ0n) is 14.9. The Morgan fingerprint density at radius 1 is 1.25 bits per heavy atom. The highest BCUT2D eigenvalue weighted by Gasteiger charge is 2.39. The van der Waals surface area contributed by atoms with E-state index in [0.717, 1.165) is 17.3 Å². The van der Waals surface area contributed by atoms with Gasteiger partial charge in [0.2, 0.25) is 0 Å². The highest BCUT2D eigenvalue weighted by molar-refractivity contribution is 7.99. The second kappa shape index (κ2) is 7.90. The van der Waals surface area contributed by atoms with Gasteiger partial charge in [-0.15, -0.1) is 0 Å². The van der Waals surface area contributed by atoms with Crippen LogP contribution in [0.2, 0.25) is 5.02 Å². The quantitative estimate of drug-likeness (QED) is 0.532. The molecule has 0 fully saturated rings. The number of aromatic amines is 1. The molecule has 2 nitrogen and oxygen atoms in total. The van der Waals surface area contributed by atoms with Crippen LogP contribution in [0.3, 0.4) is 0 Å². The molecule has 8 heteroatoms. The Morgan fingerprint density at radius 2 is 1.96 bits per heavy atom. The lowest BCUT2D eigenvalue weighted by atomic mass is 9.92. The summed E-state index contributed by atoms with van der Waals surface area (Å²) in [6.07, 6.45) is -0.848. The standard InChI is InChI=1S/C20H15Cl2F3N2S/c1-10-7-12(3-5-15(10)21)17-14(9-26)18(19(27-17)20(23,24)25)28-13-4-6-16(22)11(2)8-13/h3-6,8,10,27H,7H2,1-2H3. The van der Waals surface area contributed by atoms with Crippen molar-refractivity contribution in [3.05, 3.63) is 62.9 Å². The second-order valence-corrected chi connectivity index (χ2v) is 8.48. The van der Waals surface area contributed by atoms with Crippen molar-refractivity contribution in [2.24, 2.45) is 5.92 Å². The molecule has 0 spiro atoms. The van der Waals surface area contributed by atoms with E-state index in [1.54, 1.807) is 37.3 Å². The molecule has 0 amide bonds. The highest BCUT2D eigenvalue weighted by Crippen LogP contribution is 2.45. The maximum atomic E-state index is 13.7. The van der Waals surface area contributed by atoms with Gasteiger partial charge in [-0.25, -0.2) is 0 Å². The Balaban J connectivity index is 2.14. The number of aryl methyl sites for hydroxylation is 1. The summed E-state index contributed by atoms with van der Waals surface area (Å²) in [6.45, 7) is 3.66. The molecular weight excluding hydrogens is 428 g/mol. The molecule has 1 aromatic carbocycles. The number of H-pyrrole nitrogens is 1. The van der Waals surface area contributed by atoms with Gasteiger partial charge >= 0.3 is 6.18 Å². The fourth-order valence-electron chi connectivity index (χ4n) is 2.96. The van der Waals surface area contributed by atoms with Crippen LogP contribution >= 0.6 is 35.0 Å². The summed E-state index contributed by atoms with van der Waals surface area (Å²) in [5.41, 5.74) is 0.618. The second-order valence-electron chi connectivity index (χ2n) is 6.55. The van der Waals surface area contributed by atoms with Crippen molar-refractivity contribution < 1.29 is 13.2 Å². The lowest BCUT2D eigenvalue weighted by Crippen LogP contribution is -2.07. The van der Waals surface area contributed by atoms with E-state index >= 15 is 0 Å². The first-order chi connectivity index (χ1) is 13.1. The number of hydrogen-bond acceptors (Lipinski definition) is 2. The molecule has 2 aromatic rings. The number of nitriles is 1. The van der Waals surface area contributed by atoms with E-state index in [1.165, 1.54) is 0 Å². The molecule has 0 saturated carbocycles. The average Bonchev–Trinajstić information content (AvgIpc) is 2.99. The summed E-state index contributed by atoms with van der Waals surface area (Å²) >= 11 is 13.0. The van der Waals surface area contributed by atoms with Crippen molar-refractivity contribution in [2.75, 3.05) is 0 Å². The number of aromatic nitrogens is 1. The van der Waals surface area contributed by atoms with Crippen LogP contribution in [0.5, 0.6) is 0 Å². The number of allylic oxidation sites excluding steroid dienone is 4. The van der Waals surface area contributed by atoms with E-state index in [1.807, 2.05) is 13.0 Å².